The molecule has 0 saturated heterocycles. The minimum atomic E-state index is -0.0252. The Morgan fingerprint density at radius 3 is 2.75 bits per heavy atom. The van der Waals surface area contributed by atoms with Crippen molar-refractivity contribution in [1.29, 1.82) is 0 Å². The Kier molecular flexibility index (Phi) is 5.97. The lowest BCUT2D eigenvalue weighted by atomic mass is 9.95. The van der Waals surface area contributed by atoms with E-state index in [1.165, 1.54) is 31.0 Å². The van der Waals surface area contributed by atoms with Crippen molar-refractivity contribution in [2.75, 3.05) is 5.75 Å². The summed E-state index contributed by atoms with van der Waals surface area (Å²) in [4.78, 5) is 30.4. The van der Waals surface area contributed by atoms with E-state index in [4.69, 9.17) is 16.6 Å². The Bertz CT molecular complexity index is 935. The molecule has 0 aliphatic heterocycles. The van der Waals surface area contributed by atoms with Gasteiger partial charge in [-0.3, -0.25) is 14.2 Å². The van der Waals surface area contributed by atoms with Crippen molar-refractivity contribution in [3.05, 3.63) is 33.6 Å². The van der Waals surface area contributed by atoms with Crippen LogP contribution in [0.5, 0.6) is 0 Å². The number of hydrogen-bond acceptors (Lipinski definition) is 4. The first-order valence-electron chi connectivity index (χ1n) is 10.2. The van der Waals surface area contributed by atoms with Gasteiger partial charge in [-0.05, 0) is 56.7 Å². The summed E-state index contributed by atoms with van der Waals surface area (Å²) in [6.07, 6.45) is 7.83. The van der Waals surface area contributed by atoms with Crippen molar-refractivity contribution in [3.8, 4) is 0 Å². The highest BCUT2D eigenvalue weighted by Crippen LogP contribution is 2.33. The molecule has 2 aliphatic rings. The van der Waals surface area contributed by atoms with Crippen LogP contribution in [-0.2, 0) is 4.79 Å². The van der Waals surface area contributed by atoms with Crippen molar-refractivity contribution in [3.63, 3.8) is 0 Å². The molecule has 28 heavy (non-hydrogen) atoms. The Hall–Kier alpha value is -1.53. The van der Waals surface area contributed by atoms with E-state index in [9.17, 15) is 9.59 Å². The zero-order valence-corrected chi connectivity index (χ0v) is 17.7. The van der Waals surface area contributed by atoms with Crippen LogP contribution in [0.4, 0.5) is 0 Å². The first-order chi connectivity index (χ1) is 13.5. The third kappa shape index (κ3) is 4.38. The van der Waals surface area contributed by atoms with Crippen molar-refractivity contribution in [1.82, 2.24) is 14.9 Å². The third-order valence-corrected chi connectivity index (χ3v) is 7.01. The van der Waals surface area contributed by atoms with Gasteiger partial charge >= 0.3 is 0 Å². The summed E-state index contributed by atoms with van der Waals surface area (Å²) in [5, 5.41) is 4.85. The van der Waals surface area contributed by atoms with Crippen LogP contribution in [0, 0.1) is 5.92 Å². The van der Waals surface area contributed by atoms with Gasteiger partial charge in [0.25, 0.3) is 5.56 Å². The zero-order chi connectivity index (χ0) is 19.7. The Morgan fingerprint density at radius 1 is 1.29 bits per heavy atom. The molecule has 0 unspecified atom stereocenters. The molecule has 1 heterocycles. The molecular weight excluding hydrogens is 394 g/mol. The van der Waals surface area contributed by atoms with Crippen molar-refractivity contribution in [2.24, 2.45) is 5.92 Å². The second kappa shape index (κ2) is 8.46. The molecule has 0 bridgehead atoms. The minimum absolute atomic E-state index is 0.0000316. The van der Waals surface area contributed by atoms with Crippen molar-refractivity contribution < 1.29 is 4.79 Å². The number of amides is 1. The van der Waals surface area contributed by atoms with E-state index in [1.807, 2.05) is 4.57 Å². The standard InChI is InChI=1S/C21H26ClN3O2S/c1-13(14-7-8-14)23-19(26)12-28-21-24-18-11-15(22)9-10-17(18)20(27)25(21)16-5-3-2-4-6-16/h9-11,13-14,16H,2-8,12H2,1H3,(H,23,26)/t13-/m0/s1. The summed E-state index contributed by atoms with van der Waals surface area (Å²) in [7, 11) is 0. The Balaban J connectivity index is 1.62. The normalized spacial score (nSPS) is 18.9. The van der Waals surface area contributed by atoms with Crippen molar-refractivity contribution >= 4 is 40.2 Å². The molecule has 2 aromatic rings. The number of benzene rings is 1. The van der Waals surface area contributed by atoms with Gasteiger partial charge in [0.2, 0.25) is 5.91 Å². The fourth-order valence-corrected chi connectivity index (χ4v) is 5.10. The Labute approximate surface area is 174 Å². The average Bonchev–Trinajstić information content (AvgIpc) is 3.52. The molecular formula is C21H26ClN3O2S. The van der Waals surface area contributed by atoms with E-state index in [0.717, 1.165) is 25.7 Å². The van der Waals surface area contributed by atoms with E-state index in [1.54, 1.807) is 18.2 Å². The molecule has 7 heteroatoms. The molecule has 1 aromatic heterocycles. The molecule has 2 fully saturated rings. The van der Waals surface area contributed by atoms with E-state index in [2.05, 4.69) is 12.2 Å². The van der Waals surface area contributed by atoms with E-state index < -0.39 is 0 Å². The summed E-state index contributed by atoms with van der Waals surface area (Å²) in [6.45, 7) is 2.06. The highest BCUT2D eigenvalue weighted by molar-refractivity contribution is 7.99. The molecule has 1 N–H and O–H groups in total. The lowest BCUT2D eigenvalue weighted by Gasteiger charge is -2.26. The second-order valence-corrected chi connectivity index (χ2v) is 9.38. The van der Waals surface area contributed by atoms with E-state index in [0.29, 0.717) is 27.0 Å². The van der Waals surface area contributed by atoms with Gasteiger partial charge in [-0.15, -0.1) is 0 Å². The van der Waals surface area contributed by atoms with E-state index >= 15 is 0 Å². The van der Waals surface area contributed by atoms with Crippen LogP contribution in [0.1, 0.15) is 57.9 Å². The fourth-order valence-electron chi connectivity index (χ4n) is 4.05. The van der Waals surface area contributed by atoms with Crippen LogP contribution >= 0.6 is 23.4 Å². The number of halogens is 1. The summed E-state index contributed by atoms with van der Waals surface area (Å²) < 4.78 is 1.83. The largest absolute Gasteiger partial charge is 0.353 e. The molecule has 150 valence electrons. The van der Waals surface area contributed by atoms with Gasteiger partial charge in [0.05, 0.1) is 16.7 Å². The molecule has 2 saturated carbocycles. The zero-order valence-electron chi connectivity index (χ0n) is 16.1. The number of rotatable bonds is 6. The highest BCUT2D eigenvalue weighted by Gasteiger charge is 2.29. The average molecular weight is 420 g/mol. The summed E-state index contributed by atoms with van der Waals surface area (Å²) >= 11 is 7.47. The SMILES string of the molecule is C[C@H](NC(=O)CSc1nc2cc(Cl)ccc2c(=O)n1C1CCCCC1)C1CC1. The maximum absolute atomic E-state index is 13.2. The van der Waals surface area contributed by atoms with Crippen LogP contribution in [-0.4, -0.2) is 27.3 Å². The van der Waals surface area contributed by atoms with Crippen LogP contribution in [0.25, 0.3) is 10.9 Å². The third-order valence-electron chi connectivity index (χ3n) is 5.82. The fraction of sp³-hybridized carbons (Fsp3) is 0.571. The maximum atomic E-state index is 13.2. The first-order valence-corrected chi connectivity index (χ1v) is 11.5. The molecule has 0 spiro atoms. The highest BCUT2D eigenvalue weighted by atomic mass is 35.5. The Morgan fingerprint density at radius 2 is 2.04 bits per heavy atom. The van der Waals surface area contributed by atoms with Crippen molar-refractivity contribution in [2.45, 2.75) is 69.1 Å². The summed E-state index contributed by atoms with van der Waals surface area (Å²) in [6, 6.07) is 5.59. The van der Waals surface area contributed by atoms with Gasteiger partial charge in [-0.2, -0.15) is 0 Å². The minimum Gasteiger partial charge on any atom is -0.353 e. The molecule has 5 nitrogen and oxygen atoms in total. The number of hydrogen-bond donors (Lipinski definition) is 1. The molecule has 4 rings (SSSR count). The van der Waals surface area contributed by atoms with Gasteiger partial charge in [0, 0.05) is 17.1 Å². The quantitative estimate of drug-likeness (QED) is 0.550. The monoisotopic (exact) mass is 419 g/mol. The van der Waals surface area contributed by atoms with Gasteiger partial charge < -0.3 is 5.32 Å². The molecule has 2 aliphatic carbocycles. The lowest BCUT2D eigenvalue weighted by Crippen LogP contribution is -2.35. The lowest BCUT2D eigenvalue weighted by molar-refractivity contribution is -0.119. The molecule has 1 atom stereocenters. The van der Waals surface area contributed by atoms with Crippen LogP contribution in [0.2, 0.25) is 5.02 Å². The van der Waals surface area contributed by atoms with Crippen LogP contribution < -0.4 is 10.9 Å². The number of aromatic nitrogens is 2. The maximum Gasteiger partial charge on any atom is 0.262 e. The van der Waals surface area contributed by atoms with Gasteiger partial charge in [0.1, 0.15) is 0 Å². The number of nitrogens with zero attached hydrogens (tertiary/aromatic N) is 2. The first kappa shape index (κ1) is 19.8. The van der Waals surface area contributed by atoms with E-state index in [-0.39, 0.29) is 29.3 Å². The molecule has 1 aromatic carbocycles. The van der Waals surface area contributed by atoms with Gasteiger partial charge in [0.15, 0.2) is 5.16 Å². The number of nitrogens with one attached hydrogen (secondary N) is 1. The smallest absolute Gasteiger partial charge is 0.262 e. The summed E-state index contributed by atoms with van der Waals surface area (Å²) in [5.74, 6) is 0.887. The number of carbonyl (C=O) groups is 1. The molecule has 1 amide bonds. The second-order valence-electron chi connectivity index (χ2n) is 8.01. The van der Waals surface area contributed by atoms with Gasteiger partial charge in [-0.25, -0.2) is 4.98 Å². The number of carbonyl (C=O) groups excluding carboxylic acids is 1. The topological polar surface area (TPSA) is 64.0 Å². The predicted octanol–water partition coefficient (Wildman–Crippen LogP) is 4.56. The molecule has 0 radical (unpaired) electrons. The van der Waals surface area contributed by atoms with Crippen LogP contribution in [0.15, 0.2) is 28.2 Å². The number of thioether (sulfide) groups is 1. The predicted molar refractivity (Wildman–Crippen MR) is 114 cm³/mol. The van der Waals surface area contributed by atoms with Crippen LogP contribution in [0.3, 0.4) is 0 Å². The van der Waals surface area contributed by atoms with Gasteiger partial charge in [-0.1, -0.05) is 42.6 Å². The summed E-state index contributed by atoms with van der Waals surface area (Å²) in [5.41, 5.74) is 0.571. The number of fused-ring (bicyclic) bond motifs is 1.